The minimum atomic E-state index is 0.237. The Hall–Kier alpha value is -1.15. The van der Waals surface area contributed by atoms with Gasteiger partial charge in [0.15, 0.2) is 0 Å². The Morgan fingerprint density at radius 1 is 1.53 bits per heavy atom. The third-order valence-electron chi connectivity index (χ3n) is 2.27. The summed E-state index contributed by atoms with van der Waals surface area (Å²) in [5.41, 5.74) is 3.67. The van der Waals surface area contributed by atoms with Crippen LogP contribution in [0.3, 0.4) is 0 Å². The van der Waals surface area contributed by atoms with Gasteiger partial charge in [0.1, 0.15) is 0 Å². The maximum absolute atomic E-state index is 4.44. The number of nitrogens with zero attached hydrogens (tertiary/aromatic N) is 1. The first-order valence-corrected chi connectivity index (χ1v) is 5.45. The van der Waals surface area contributed by atoms with Gasteiger partial charge in [-0.3, -0.25) is 4.98 Å². The van der Waals surface area contributed by atoms with Crippen molar-refractivity contribution < 1.29 is 0 Å². The molecule has 1 N–H and O–H groups in total. The average Bonchev–Trinajstić information content (AvgIpc) is 2.17. The highest BCUT2D eigenvalue weighted by molar-refractivity contribution is 5.25. The van der Waals surface area contributed by atoms with Gasteiger partial charge >= 0.3 is 0 Å². The normalized spacial score (nSPS) is 12.3. The van der Waals surface area contributed by atoms with Gasteiger partial charge in [-0.1, -0.05) is 24.6 Å². The highest BCUT2D eigenvalue weighted by Gasteiger charge is 2.10. The van der Waals surface area contributed by atoms with E-state index in [1.54, 1.807) is 0 Å². The molecular formula is C13H20N2. The molecule has 2 nitrogen and oxygen atoms in total. The molecule has 15 heavy (non-hydrogen) atoms. The quantitative estimate of drug-likeness (QED) is 0.763. The molecule has 0 amide bonds. The molecule has 0 aliphatic heterocycles. The first-order chi connectivity index (χ1) is 7.15. The fourth-order valence-electron chi connectivity index (χ4n) is 1.61. The zero-order valence-electron chi connectivity index (χ0n) is 10.0. The molecular weight excluding hydrogens is 184 g/mol. The lowest BCUT2D eigenvalue weighted by Gasteiger charge is -2.16. The minimum Gasteiger partial charge on any atom is -0.306 e. The Balaban J connectivity index is 2.99. The molecule has 82 valence electrons. The number of pyridine rings is 1. The van der Waals surface area contributed by atoms with Gasteiger partial charge in [-0.2, -0.15) is 0 Å². The van der Waals surface area contributed by atoms with Crippen molar-refractivity contribution in [2.75, 3.05) is 6.54 Å². The van der Waals surface area contributed by atoms with Gasteiger partial charge in [-0.05, 0) is 38.9 Å². The average molecular weight is 204 g/mol. The molecule has 0 aliphatic carbocycles. The van der Waals surface area contributed by atoms with Crippen molar-refractivity contribution >= 4 is 0 Å². The van der Waals surface area contributed by atoms with Crippen LogP contribution in [0.5, 0.6) is 0 Å². The smallest absolute Gasteiger partial charge is 0.0686 e. The molecule has 1 rings (SSSR count). The maximum atomic E-state index is 4.44. The second-order valence-corrected chi connectivity index (χ2v) is 3.98. The zero-order valence-corrected chi connectivity index (χ0v) is 10.0. The summed E-state index contributed by atoms with van der Waals surface area (Å²) in [6, 6.07) is 4.32. The number of hydrogen-bond acceptors (Lipinski definition) is 2. The Bertz CT molecular complexity index is 338. The highest BCUT2D eigenvalue weighted by atomic mass is 14.9. The van der Waals surface area contributed by atoms with Gasteiger partial charge in [-0.25, -0.2) is 0 Å². The van der Waals surface area contributed by atoms with E-state index in [2.05, 4.69) is 50.1 Å². The van der Waals surface area contributed by atoms with E-state index in [4.69, 9.17) is 0 Å². The van der Waals surface area contributed by atoms with E-state index in [-0.39, 0.29) is 6.04 Å². The topological polar surface area (TPSA) is 24.9 Å². The lowest BCUT2D eigenvalue weighted by molar-refractivity contribution is 0.625. The van der Waals surface area contributed by atoms with Crippen LogP contribution in [0.1, 0.15) is 38.1 Å². The van der Waals surface area contributed by atoms with Crippen LogP contribution in [0, 0.1) is 6.92 Å². The molecule has 1 atom stereocenters. The molecule has 0 spiro atoms. The molecule has 0 radical (unpaired) electrons. The second kappa shape index (κ2) is 5.66. The fourth-order valence-corrected chi connectivity index (χ4v) is 1.61. The Kier molecular flexibility index (Phi) is 4.50. The Morgan fingerprint density at radius 3 is 2.80 bits per heavy atom. The van der Waals surface area contributed by atoms with E-state index in [0.717, 1.165) is 12.2 Å². The molecule has 0 aromatic carbocycles. The molecule has 0 bridgehead atoms. The van der Waals surface area contributed by atoms with Crippen molar-refractivity contribution in [2.45, 2.75) is 33.7 Å². The molecule has 1 aromatic heterocycles. The summed E-state index contributed by atoms with van der Waals surface area (Å²) in [6.07, 6.45) is 4.07. The molecule has 0 fully saturated rings. The highest BCUT2D eigenvalue weighted by Crippen LogP contribution is 2.17. The molecule has 1 unspecified atom stereocenters. The van der Waals surface area contributed by atoms with Crippen molar-refractivity contribution in [2.24, 2.45) is 0 Å². The third kappa shape index (κ3) is 3.48. The number of rotatable bonds is 4. The van der Waals surface area contributed by atoms with Crippen LogP contribution in [0.25, 0.3) is 0 Å². The SMILES string of the molecule is CCNC(C=C(C)C)c1ncccc1C. The maximum Gasteiger partial charge on any atom is 0.0686 e. The summed E-state index contributed by atoms with van der Waals surface area (Å²) in [4.78, 5) is 4.44. The van der Waals surface area contributed by atoms with E-state index >= 15 is 0 Å². The number of allylic oxidation sites excluding steroid dienone is 1. The monoisotopic (exact) mass is 204 g/mol. The van der Waals surface area contributed by atoms with Gasteiger partial charge in [0.05, 0.1) is 11.7 Å². The molecule has 1 heterocycles. The van der Waals surface area contributed by atoms with Crippen LogP contribution in [0.2, 0.25) is 0 Å². The summed E-state index contributed by atoms with van der Waals surface area (Å²) in [7, 11) is 0. The van der Waals surface area contributed by atoms with Crippen molar-refractivity contribution in [1.82, 2.24) is 10.3 Å². The van der Waals surface area contributed by atoms with Crippen molar-refractivity contribution in [3.8, 4) is 0 Å². The number of hydrogen-bond donors (Lipinski definition) is 1. The molecule has 2 heteroatoms. The lowest BCUT2D eigenvalue weighted by atomic mass is 10.1. The second-order valence-electron chi connectivity index (χ2n) is 3.98. The van der Waals surface area contributed by atoms with Gasteiger partial charge in [0.2, 0.25) is 0 Å². The lowest BCUT2D eigenvalue weighted by Crippen LogP contribution is -2.21. The van der Waals surface area contributed by atoms with Crippen LogP contribution in [-0.2, 0) is 0 Å². The summed E-state index contributed by atoms with van der Waals surface area (Å²) in [6.45, 7) is 9.39. The molecule has 1 aromatic rings. The summed E-state index contributed by atoms with van der Waals surface area (Å²) in [5.74, 6) is 0. The summed E-state index contributed by atoms with van der Waals surface area (Å²) < 4.78 is 0. The zero-order chi connectivity index (χ0) is 11.3. The van der Waals surface area contributed by atoms with Gasteiger partial charge in [0.25, 0.3) is 0 Å². The van der Waals surface area contributed by atoms with Gasteiger partial charge in [-0.15, -0.1) is 0 Å². The fraction of sp³-hybridized carbons (Fsp3) is 0.462. The van der Waals surface area contributed by atoms with E-state index in [1.165, 1.54) is 11.1 Å². The van der Waals surface area contributed by atoms with Gasteiger partial charge < -0.3 is 5.32 Å². The summed E-state index contributed by atoms with van der Waals surface area (Å²) >= 11 is 0. The predicted octanol–water partition coefficient (Wildman–Crippen LogP) is 3.01. The summed E-state index contributed by atoms with van der Waals surface area (Å²) in [5, 5.41) is 3.43. The van der Waals surface area contributed by atoms with Crippen LogP contribution >= 0.6 is 0 Å². The van der Waals surface area contributed by atoms with Gasteiger partial charge in [0, 0.05) is 6.20 Å². The Morgan fingerprint density at radius 2 is 2.27 bits per heavy atom. The number of nitrogens with one attached hydrogen (secondary N) is 1. The van der Waals surface area contributed by atoms with Crippen molar-refractivity contribution in [1.29, 1.82) is 0 Å². The predicted molar refractivity (Wildman–Crippen MR) is 64.8 cm³/mol. The van der Waals surface area contributed by atoms with Crippen molar-refractivity contribution in [3.63, 3.8) is 0 Å². The molecule has 0 saturated heterocycles. The number of aromatic nitrogens is 1. The molecule has 0 saturated carbocycles. The standard InChI is InChI=1S/C13H20N2/c1-5-14-12(9-10(2)3)13-11(4)7-6-8-15-13/h6-9,12,14H,5H2,1-4H3. The molecule has 0 aliphatic rings. The van der Waals surface area contributed by atoms with E-state index in [1.807, 2.05) is 12.3 Å². The first-order valence-electron chi connectivity index (χ1n) is 5.45. The van der Waals surface area contributed by atoms with E-state index in [9.17, 15) is 0 Å². The van der Waals surface area contributed by atoms with Crippen molar-refractivity contribution in [3.05, 3.63) is 41.2 Å². The number of aryl methyl sites for hydroxylation is 1. The van der Waals surface area contributed by atoms with Crippen LogP contribution in [-0.4, -0.2) is 11.5 Å². The van der Waals surface area contributed by atoms with Crippen LogP contribution in [0.4, 0.5) is 0 Å². The third-order valence-corrected chi connectivity index (χ3v) is 2.27. The Labute approximate surface area is 92.4 Å². The van der Waals surface area contributed by atoms with Crippen LogP contribution in [0.15, 0.2) is 30.0 Å². The van der Waals surface area contributed by atoms with E-state index in [0.29, 0.717) is 0 Å². The number of likely N-dealkylation sites (N-methyl/N-ethyl adjacent to an activating group) is 1. The largest absolute Gasteiger partial charge is 0.306 e. The first kappa shape index (κ1) is 11.9. The van der Waals surface area contributed by atoms with E-state index < -0.39 is 0 Å². The van der Waals surface area contributed by atoms with Crippen LogP contribution < -0.4 is 5.32 Å². The minimum absolute atomic E-state index is 0.237.